The van der Waals surface area contributed by atoms with Crippen molar-refractivity contribution in [2.45, 2.75) is 27.2 Å². The molecule has 0 aromatic heterocycles. The normalized spacial score (nSPS) is 17.2. The second kappa shape index (κ2) is 5.23. The van der Waals surface area contributed by atoms with Crippen LogP contribution in [-0.4, -0.2) is 23.9 Å². The molecule has 3 nitrogen and oxygen atoms in total. The molecule has 1 heterocycles. The molecule has 1 aliphatic rings. The fourth-order valence-electron chi connectivity index (χ4n) is 0.735. The van der Waals surface area contributed by atoms with E-state index in [0.29, 0.717) is 0 Å². The molecule has 2 N–H and O–H groups in total. The largest absolute Gasteiger partial charge is 0.299 e. The van der Waals surface area contributed by atoms with Gasteiger partial charge in [0.15, 0.2) is 0 Å². The maximum Gasteiger partial charge on any atom is 0.110 e. The Morgan fingerprint density at radius 3 is 2.40 bits per heavy atom. The van der Waals surface area contributed by atoms with Crippen LogP contribution in [0.15, 0.2) is 4.99 Å². The number of nitrogens with zero attached hydrogens (tertiary/aromatic N) is 2. The third-order valence-electron chi connectivity index (χ3n) is 1.31. The van der Waals surface area contributed by atoms with Gasteiger partial charge in [-0.3, -0.25) is 10.0 Å². The van der Waals surface area contributed by atoms with Gasteiger partial charge in [0.25, 0.3) is 0 Å². The minimum Gasteiger partial charge on any atom is -0.299 e. The summed E-state index contributed by atoms with van der Waals surface area (Å²) in [5.74, 6) is 6.44. The highest BCUT2D eigenvalue weighted by atomic mass is 15.4. The van der Waals surface area contributed by atoms with E-state index >= 15 is 0 Å². The van der Waals surface area contributed by atoms with E-state index in [1.807, 2.05) is 20.8 Å². The van der Waals surface area contributed by atoms with Gasteiger partial charge in [0.2, 0.25) is 0 Å². The molecule has 0 saturated carbocycles. The molecular formula is C7H17N3. The molecule has 1 aliphatic heterocycles. The topological polar surface area (TPSA) is 41.6 Å². The van der Waals surface area contributed by atoms with E-state index in [9.17, 15) is 0 Å². The molecule has 0 fully saturated rings. The van der Waals surface area contributed by atoms with Gasteiger partial charge in [-0.1, -0.05) is 13.8 Å². The highest BCUT2D eigenvalue weighted by molar-refractivity contribution is 5.79. The summed E-state index contributed by atoms with van der Waals surface area (Å²) in [7, 11) is 0. The average Bonchev–Trinajstić information content (AvgIpc) is 2.00. The van der Waals surface area contributed by atoms with Gasteiger partial charge in [0, 0.05) is 13.1 Å². The van der Waals surface area contributed by atoms with Crippen molar-refractivity contribution in [1.29, 1.82) is 0 Å². The van der Waals surface area contributed by atoms with Gasteiger partial charge < -0.3 is 0 Å². The Hall–Kier alpha value is -0.570. The number of hydrogen-bond acceptors (Lipinski definition) is 3. The van der Waals surface area contributed by atoms with E-state index in [2.05, 4.69) is 4.99 Å². The van der Waals surface area contributed by atoms with Crippen molar-refractivity contribution in [3.8, 4) is 0 Å². The minimum atomic E-state index is 0.944. The van der Waals surface area contributed by atoms with E-state index in [0.717, 1.165) is 25.3 Å². The van der Waals surface area contributed by atoms with Crippen molar-refractivity contribution in [2.24, 2.45) is 10.8 Å². The summed E-state index contributed by atoms with van der Waals surface area (Å²) < 4.78 is 0. The predicted octanol–water partition coefficient (Wildman–Crippen LogP) is 1.01. The van der Waals surface area contributed by atoms with Crippen molar-refractivity contribution < 1.29 is 0 Å². The lowest BCUT2D eigenvalue weighted by atomic mass is 10.3. The van der Waals surface area contributed by atoms with Gasteiger partial charge in [-0.2, -0.15) is 0 Å². The lowest BCUT2D eigenvalue weighted by Crippen LogP contribution is -2.39. The number of hydrogen-bond donors (Lipinski definition) is 1. The number of rotatable bonds is 0. The molecule has 1 rings (SSSR count). The molecule has 0 amide bonds. The quantitative estimate of drug-likeness (QED) is 0.514. The van der Waals surface area contributed by atoms with Gasteiger partial charge in [0.1, 0.15) is 5.84 Å². The fraction of sp³-hybridized carbons (Fsp3) is 0.857. The monoisotopic (exact) mass is 143 g/mol. The molecule has 0 spiro atoms. The first-order valence-corrected chi connectivity index (χ1v) is 3.84. The van der Waals surface area contributed by atoms with Gasteiger partial charge >= 0.3 is 0 Å². The van der Waals surface area contributed by atoms with Crippen LogP contribution >= 0.6 is 0 Å². The molecular weight excluding hydrogens is 126 g/mol. The highest BCUT2D eigenvalue weighted by Gasteiger charge is 2.04. The van der Waals surface area contributed by atoms with Gasteiger partial charge in [-0.25, -0.2) is 5.84 Å². The molecule has 3 heteroatoms. The SMILES string of the molecule is CC.CC1=NCCCN1N. The van der Waals surface area contributed by atoms with Gasteiger partial charge in [0.05, 0.1) is 0 Å². The molecule has 0 unspecified atom stereocenters. The Morgan fingerprint density at radius 2 is 2.10 bits per heavy atom. The Morgan fingerprint density at radius 1 is 1.50 bits per heavy atom. The minimum absolute atomic E-state index is 0.944. The highest BCUT2D eigenvalue weighted by Crippen LogP contribution is 1.95. The van der Waals surface area contributed by atoms with E-state index in [1.54, 1.807) is 5.01 Å². The van der Waals surface area contributed by atoms with Crippen molar-refractivity contribution in [3.05, 3.63) is 0 Å². The second-order valence-electron chi connectivity index (χ2n) is 1.98. The number of aliphatic imine (C=N–C) groups is 1. The van der Waals surface area contributed by atoms with Crippen LogP contribution in [0.25, 0.3) is 0 Å². The van der Waals surface area contributed by atoms with Crippen LogP contribution in [0.5, 0.6) is 0 Å². The first-order chi connectivity index (χ1) is 4.80. The lowest BCUT2D eigenvalue weighted by Gasteiger charge is -2.21. The van der Waals surface area contributed by atoms with Crippen molar-refractivity contribution >= 4 is 5.84 Å². The second-order valence-corrected chi connectivity index (χ2v) is 1.98. The molecule has 0 aromatic rings. The van der Waals surface area contributed by atoms with Crippen LogP contribution in [0, 0.1) is 0 Å². The van der Waals surface area contributed by atoms with Crippen molar-refractivity contribution in [2.75, 3.05) is 13.1 Å². The summed E-state index contributed by atoms with van der Waals surface area (Å²) in [6.07, 6.45) is 1.09. The first-order valence-electron chi connectivity index (χ1n) is 3.84. The molecule has 0 aromatic carbocycles. The average molecular weight is 143 g/mol. The Labute approximate surface area is 62.9 Å². The van der Waals surface area contributed by atoms with Crippen LogP contribution in [0.4, 0.5) is 0 Å². The summed E-state index contributed by atoms with van der Waals surface area (Å²) in [6.45, 7) is 7.83. The fourth-order valence-corrected chi connectivity index (χ4v) is 0.735. The Bertz CT molecular complexity index is 109. The molecule has 0 atom stereocenters. The lowest BCUT2D eigenvalue weighted by molar-refractivity contribution is 0.409. The molecule has 0 aliphatic carbocycles. The van der Waals surface area contributed by atoms with E-state index in [4.69, 9.17) is 5.84 Å². The molecule has 0 radical (unpaired) electrons. The van der Waals surface area contributed by atoms with Crippen LogP contribution in [0.3, 0.4) is 0 Å². The van der Waals surface area contributed by atoms with Crippen molar-refractivity contribution in [1.82, 2.24) is 5.01 Å². The zero-order valence-electron chi connectivity index (χ0n) is 7.09. The van der Waals surface area contributed by atoms with Crippen LogP contribution in [0.1, 0.15) is 27.2 Å². The van der Waals surface area contributed by atoms with Crippen molar-refractivity contribution in [3.63, 3.8) is 0 Å². The molecule has 10 heavy (non-hydrogen) atoms. The Kier molecular flexibility index (Phi) is 4.94. The maximum absolute atomic E-state index is 5.48. The molecule has 0 saturated heterocycles. The summed E-state index contributed by atoms with van der Waals surface area (Å²) in [4.78, 5) is 4.13. The number of nitrogens with two attached hydrogens (primary N) is 1. The predicted molar refractivity (Wildman–Crippen MR) is 44.8 cm³/mol. The third kappa shape index (κ3) is 2.82. The van der Waals surface area contributed by atoms with Crippen LogP contribution in [-0.2, 0) is 0 Å². The summed E-state index contributed by atoms with van der Waals surface area (Å²) in [6, 6.07) is 0. The smallest absolute Gasteiger partial charge is 0.110 e. The maximum atomic E-state index is 5.48. The van der Waals surface area contributed by atoms with Crippen LogP contribution < -0.4 is 5.84 Å². The first kappa shape index (κ1) is 9.43. The standard InChI is InChI=1S/C5H11N3.C2H6/c1-5-7-3-2-4-8(5)6;1-2/h2-4,6H2,1H3;1-2H3. The zero-order valence-corrected chi connectivity index (χ0v) is 7.09. The van der Waals surface area contributed by atoms with E-state index in [1.165, 1.54) is 0 Å². The summed E-state index contributed by atoms with van der Waals surface area (Å²) in [5.41, 5.74) is 0. The van der Waals surface area contributed by atoms with Crippen LogP contribution in [0.2, 0.25) is 0 Å². The molecule has 0 bridgehead atoms. The third-order valence-corrected chi connectivity index (χ3v) is 1.31. The van der Waals surface area contributed by atoms with E-state index < -0.39 is 0 Å². The van der Waals surface area contributed by atoms with Gasteiger partial charge in [-0.15, -0.1) is 0 Å². The zero-order chi connectivity index (χ0) is 7.98. The Balaban J connectivity index is 0.000000371. The van der Waals surface area contributed by atoms with E-state index in [-0.39, 0.29) is 0 Å². The number of amidine groups is 1. The molecule has 60 valence electrons. The summed E-state index contributed by atoms with van der Waals surface area (Å²) in [5, 5.41) is 1.68. The van der Waals surface area contributed by atoms with Gasteiger partial charge in [-0.05, 0) is 13.3 Å². The summed E-state index contributed by atoms with van der Waals surface area (Å²) >= 11 is 0. The number of hydrazine groups is 1.